The summed E-state index contributed by atoms with van der Waals surface area (Å²) in [6.07, 6.45) is 1.17. The molecule has 0 bridgehead atoms. The molecule has 3 N–H and O–H groups in total. The van der Waals surface area contributed by atoms with Gasteiger partial charge >= 0.3 is 0 Å². The number of hydrogen-bond acceptors (Lipinski definition) is 3. The molecule has 1 atom stereocenters. The van der Waals surface area contributed by atoms with Gasteiger partial charge in [0.15, 0.2) is 0 Å². The average Bonchev–Trinajstić information content (AvgIpc) is 2.64. The molecule has 0 aliphatic carbocycles. The van der Waals surface area contributed by atoms with E-state index in [0.29, 0.717) is 13.0 Å². The third kappa shape index (κ3) is 1.89. The highest BCUT2D eigenvalue weighted by Crippen LogP contribution is 2.26. The van der Waals surface area contributed by atoms with Gasteiger partial charge in [0.05, 0.1) is 12.7 Å². The van der Waals surface area contributed by atoms with Gasteiger partial charge in [-0.05, 0) is 23.6 Å². The Morgan fingerprint density at radius 3 is 3.14 bits per heavy atom. The van der Waals surface area contributed by atoms with E-state index in [1.165, 1.54) is 5.56 Å². The van der Waals surface area contributed by atoms with E-state index < -0.39 is 6.10 Å². The van der Waals surface area contributed by atoms with E-state index in [9.17, 15) is 5.11 Å². The van der Waals surface area contributed by atoms with Crippen molar-refractivity contribution in [3.8, 4) is 5.75 Å². The van der Waals surface area contributed by atoms with Gasteiger partial charge in [0.1, 0.15) is 5.75 Å². The molecular formula is C11H15NO2. The Hall–Kier alpha value is -1.06. The number of ether oxygens (including phenoxy) is 1. The van der Waals surface area contributed by atoms with Gasteiger partial charge in [0.2, 0.25) is 0 Å². The van der Waals surface area contributed by atoms with Crippen LogP contribution in [0.2, 0.25) is 0 Å². The molecule has 0 amide bonds. The number of hydrogen-bond donors (Lipinski definition) is 2. The van der Waals surface area contributed by atoms with Crippen molar-refractivity contribution in [2.75, 3.05) is 13.2 Å². The van der Waals surface area contributed by atoms with Crippen LogP contribution in [0.3, 0.4) is 0 Å². The van der Waals surface area contributed by atoms with Crippen molar-refractivity contribution in [1.82, 2.24) is 0 Å². The average molecular weight is 193 g/mol. The van der Waals surface area contributed by atoms with Crippen molar-refractivity contribution in [2.45, 2.75) is 18.9 Å². The first-order valence-corrected chi connectivity index (χ1v) is 4.92. The van der Waals surface area contributed by atoms with Crippen LogP contribution in [0.15, 0.2) is 18.2 Å². The fraction of sp³-hybridized carbons (Fsp3) is 0.455. The summed E-state index contributed by atoms with van der Waals surface area (Å²) < 4.78 is 5.40. The molecule has 1 aromatic carbocycles. The van der Waals surface area contributed by atoms with E-state index in [2.05, 4.69) is 6.07 Å². The Bertz CT molecular complexity index is 325. The molecule has 76 valence electrons. The van der Waals surface area contributed by atoms with Crippen LogP contribution in [0.4, 0.5) is 0 Å². The highest BCUT2D eigenvalue weighted by atomic mass is 16.5. The first-order chi connectivity index (χ1) is 6.79. The Kier molecular flexibility index (Phi) is 2.70. The van der Waals surface area contributed by atoms with E-state index >= 15 is 0 Å². The number of benzene rings is 1. The highest BCUT2D eigenvalue weighted by Gasteiger charge is 2.12. The number of aliphatic hydroxyl groups is 1. The lowest BCUT2D eigenvalue weighted by atomic mass is 10.0. The maximum atomic E-state index is 9.40. The van der Waals surface area contributed by atoms with Crippen LogP contribution in [0.5, 0.6) is 5.75 Å². The number of fused-ring (bicyclic) bond motifs is 1. The zero-order valence-corrected chi connectivity index (χ0v) is 8.07. The minimum Gasteiger partial charge on any atom is -0.493 e. The summed E-state index contributed by atoms with van der Waals surface area (Å²) in [4.78, 5) is 0. The molecule has 0 saturated carbocycles. The molecule has 0 aromatic heterocycles. The molecule has 2 rings (SSSR count). The molecule has 1 aliphatic rings. The van der Waals surface area contributed by atoms with Crippen LogP contribution in [0, 0.1) is 0 Å². The highest BCUT2D eigenvalue weighted by molar-refractivity contribution is 5.39. The van der Waals surface area contributed by atoms with Crippen molar-refractivity contribution in [1.29, 1.82) is 0 Å². The third-order valence-electron chi connectivity index (χ3n) is 2.50. The van der Waals surface area contributed by atoms with Crippen LogP contribution in [0.1, 0.15) is 11.1 Å². The van der Waals surface area contributed by atoms with Gasteiger partial charge in [-0.15, -0.1) is 0 Å². The zero-order chi connectivity index (χ0) is 9.97. The van der Waals surface area contributed by atoms with Gasteiger partial charge in [-0.2, -0.15) is 0 Å². The summed E-state index contributed by atoms with van der Waals surface area (Å²) in [6, 6.07) is 6.06. The maximum absolute atomic E-state index is 9.40. The Morgan fingerprint density at radius 2 is 2.36 bits per heavy atom. The fourth-order valence-corrected chi connectivity index (χ4v) is 1.72. The molecule has 1 aromatic rings. The van der Waals surface area contributed by atoms with Crippen molar-refractivity contribution in [3.63, 3.8) is 0 Å². The Balaban J connectivity index is 2.12. The topological polar surface area (TPSA) is 55.5 Å². The van der Waals surface area contributed by atoms with Crippen molar-refractivity contribution >= 4 is 0 Å². The molecule has 0 unspecified atom stereocenters. The molecule has 3 heteroatoms. The van der Waals surface area contributed by atoms with Crippen LogP contribution >= 0.6 is 0 Å². The molecule has 1 aliphatic heterocycles. The standard InChI is InChI=1S/C11H15NO2/c12-7-10(13)6-8-1-2-11-9(5-8)3-4-14-11/h1-2,5,10,13H,3-4,6-7,12H2/t10-/m0/s1. The van der Waals surface area contributed by atoms with Crippen LogP contribution < -0.4 is 10.5 Å². The van der Waals surface area contributed by atoms with Gasteiger partial charge < -0.3 is 15.6 Å². The quantitative estimate of drug-likeness (QED) is 0.734. The predicted molar refractivity (Wildman–Crippen MR) is 54.4 cm³/mol. The number of aliphatic hydroxyl groups excluding tert-OH is 1. The van der Waals surface area contributed by atoms with Gasteiger partial charge in [-0.3, -0.25) is 0 Å². The smallest absolute Gasteiger partial charge is 0.122 e. The summed E-state index contributed by atoms with van der Waals surface area (Å²) in [6.45, 7) is 1.09. The van der Waals surface area contributed by atoms with E-state index in [0.717, 1.165) is 24.3 Å². The van der Waals surface area contributed by atoms with E-state index in [-0.39, 0.29) is 0 Å². The molecule has 0 spiro atoms. The lowest BCUT2D eigenvalue weighted by Crippen LogP contribution is -2.21. The SMILES string of the molecule is NC[C@@H](O)Cc1ccc2c(c1)CCO2. The van der Waals surface area contributed by atoms with E-state index in [1.807, 2.05) is 12.1 Å². The normalized spacial score (nSPS) is 16.1. The lowest BCUT2D eigenvalue weighted by molar-refractivity contribution is 0.183. The Labute approximate surface area is 83.5 Å². The van der Waals surface area contributed by atoms with E-state index in [4.69, 9.17) is 10.5 Å². The molecule has 0 fully saturated rings. The fourth-order valence-electron chi connectivity index (χ4n) is 1.72. The first kappa shape index (κ1) is 9.49. The van der Waals surface area contributed by atoms with Crippen LogP contribution in [-0.2, 0) is 12.8 Å². The van der Waals surface area contributed by atoms with Gasteiger partial charge in [0.25, 0.3) is 0 Å². The van der Waals surface area contributed by atoms with E-state index in [1.54, 1.807) is 0 Å². The number of rotatable bonds is 3. The second-order valence-electron chi connectivity index (χ2n) is 3.63. The summed E-state index contributed by atoms with van der Waals surface area (Å²) in [5, 5.41) is 9.40. The minimum atomic E-state index is -0.435. The molecule has 1 heterocycles. The first-order valence-electron chi connectivity index (χ1n) is 4.92. The monoisotopic (exact) mass is 193 g/mol. The molecule has 0 radical (unpaired) electrons. The summed E-state index contributed by atoms with van der Waals surface area (Å²) in [7, 11) is 0. The summed E-state index contributed by atoms with van der Waals surface area (Å²) >= 11 is 0. The lowest BCUT2D eigenvalue weighted by Gasteiger charge is -2.08. The van der Waals surface area contributed by atoms with Gasteiger partial charge in [0, 0.05) is 13.0 Å². The second-order valence-corrected chi connectivity index (χ2v) is 3.63. The molecule has 0 saturated heterocycles. The summed E-state index contributed by atoms with van der Waals surface area (Å²) in [5.41, 5.74) is 7.73. The largest absolute Gasteiger partial charge is 0.493 e. The molecular weight excluding hydrogens is 178 g/mol. The van der Waals surface area contributed by atoms with Crippen LogP contribution in [0.25, 0.3) is 0 Å². The maximum Gasteiger partial charge on any atom is 0.122 e. The second kappa shape index (κ2) is 3.98. The minimum absolute atomic E-state index is 0.313. The zero-order valence-electron chi connectivity index (χ0n) is 8.07. The van der Waals surface area contributed by atoms with Crippen molar-refractivity contribution in [3.05, 3.63) is 29.3 Å². The Morgan fingerprint density at radius 1 is 1.50 bits per heavy atom. The van der Waals surface area contributed by atoms with Gasteiger partial charge in [-0.25, -0.2) is 0 Å². The summed E-state index contributed by atoms with van der Waals surface area (Å²) in [5.74, 6) is 0.982. The van der Waals surface area contributed by atoms with Crippen molar-refractivity contribution < 1.29 is 9.84 Å². The van der Waals surface area contributed by atoms with Crippen LogP contribution in [-0.4, -0.2) is 24.4 Å². The predicted octanol–water partition coefficient (Wildman–Crippen LogP) is 0.484. The van der Waals surface area contributed by atoms with Gasteiger partial charge in [-0.1, -0.05) is 12.1 Å². The number of nitrogens with two attached hydrogens (primary N) is 1. The van der Waals surface area contributed by atoms with Crippen molar-refractivity contribution in [2.24, 2.45) is 5.73 Å². The molecule has 14 heavy (non-hydrogen) atoms. The molecule has 3 nitrogen and oxygen atoms in total. The third-order valence-corrected chi connectivity index (χ3v) is 2.50.